The lowest BCUT2D eigenvalue weighted by atomic mass is 10.2. The fourth-order valence-electron chi connectivity index (χ4n) is 2.38. The number of rotatable bonds is 4. The lowest BCUT2D eigenvalue weighted by Gasteiger charge is -2.37. The fraction of sp³-hybridized carbons (Fsp3) is 0.571. The van der Waals surface area contributed by atoms with Crippen LogP contribution >= 0.6 is 12.2 Å². The van der Waals surface area contributed by atoms with Gasteiger partial charge in [-0.3, -0.25) is 14.8 Å². The van der Waals surface area contributed by atoms with Gasteiger partial charge in [0.25, 0.3) is 0 Å². The molecule has 1 aliphatic heterocycles. The Morgan fingerprint density at radius 2 is 2.11 bits per heavy atom. The van der Waals surface area contributed by atoms with E-state index in [9.17, 15) is 0 Å². The zero-order valence-electron chi connectivity index (χ0n) is 11.7. The van der Waals surface area contributed by atoms with Crippen molar-refractivity contribution in [3.8, 4) is 0 Å². The quantitative estimate of drug-likeness (QED) is 0.838. The molecule has 0 aromatic carbocycles. The molecule has 0 spiro atoms. The Morgan fingerprint density at radius 3 is 2.68 bits per heavy atom. The minimum Gasteiger partial charge on any atom is -0.392 e. The molecule has 0 radical (unpaired) electrons. The Balaban J connectivity index is 1.87. The highest BCUT2D eigenvalue weighted by Crippen LogP contribution is 2.11. The summed E-state index contributed by atoms with van der Waals surface area (Å²) in [5.74, 6) is 0. The van der Waals surface area contributed by atoms with E-state index in [2.05, 4.69) is 34.7 Å². The van der Waals surface area contributed by atoms with Crippen LogP contribution in [0.5, 0.6) is 0 Å². The molecular weight excluding hydrogens is 256 g/mol. The average molecular weight is 278 g/mol. The van der Waals surface area contributed by atoms with E-state index in [1.165, 1.54) is 11.3 Å². The molecule has 1 fully saturated rings. The number of nitrogens with two attached hydrogens (primary N) is 1. The number of hydrogen-bond donors (Lipinski definition) is 1. The number of piperazine rings is 1. The molecule has 2 heterocycles. The molecule has 1 atom stereocenters. The first-order valence-corrected chi connectivity index (χ1v) is 7.15. The van der Waals surface area contributed by atoms with Gasteiger partial charge in [-0.15, -0.1) is 0 Å². The number of nitrogens with zero attached hydrogens (tertiary/aromatic N) is 3. The van der Waals surface area contributed by atoms with Crippen LogP contribution in [-0.4, -0.2) is 52.0 Å². The number of aryl methyl sites for hydroxylation is 1. The molecule has 1 aliphatic rings. The summed E-state index contributed by atoms with van der Waals surface area (Å²) >= 11 is 5.06. The summed E-state index contributed by atoms with van der Waals surface area (Å²) in [6.07, 6.45) is 1.87. The zero-order chi connectivity index (χ0) is 13.8. The van der Waals surface area contributed by atoms with Crippen LogP contribution in [0.4, 0.5) is 0 Å². The first-order valence-electron chi connectivity index (χ1n) is 6.74. The van der Waals surface area contributed by atoms with Crippen molar-refractivity contribution in [2.45, 2.75) is 26.4 Å². The lowest BCUT2D eigenvalue weighted by Crippen LogP contribution is -2.52. The molecule has 0 bridgehead atoms. The first-order chi connectivity index (χ1) is 9.08. The topological polar surface area (TPSA) is 45.4 Å². The molecule has 2 N–H and O–H groups in total. The van der Waals surface area contributed by atoms with Gasteiger partial charge in [-0.1, -0.05) is 18.3 Å². The van der Waals surface area contributed by atoms with E-state index in [1.807, 2.05) is 12.3 Å². The molecule has 0 amide bonds. The monoisotopic (exact) mass is 278 g/mol. The predicted molar refractivity (Wildman–Crippen MR) is 82.1 cm³/mol. The van der Waals surface area contributed by atoms with Gasteiger partial charge in [-0.2, -0.15) is 0 Å². The molecule has 1 unspecified atom stereocenters. The van der Waals surface area contributed by atoms with Crippen molar-refractivity contribution in [1.29, 1.82) is 0 Å². The molecule has 1 aromatic heterocycles. The summed E-state index contributed by atoms with van der Waals surface area (Å²) in [6, 6.07) is 4.31. The standard InChI is InChI=1S/C14H22N4S/c1-11-4-3-5-16-13(11)10-17-6-8-18(9-7-17)12(2)14(15)19/h3-5,12H,6-10H2,1-2H3,(H2,15,19). The van der Waals surface area contributed by atoms with Gasteiger partial charge in [0.05, 0.1) is 16.7 Å². The van der Waals surface area contributed by atoms with Crippen LogP contribution in [0, 0.1) is 6.92 Å². The predicted octanol–water partition coefficient (Wildman–Crippen LogP) is 1.18. The van der Waals surface area contributed by atoms with Crippen LogP contribution in [0.1, 0.15) is 18.2 Å². The normalized spacial score (nSPS) is 19.3. The van der Waals surface area contributed by atoms with Crippen molar-refractivity contribution in [2.24, 2.45) is 5.73 Å². The van der Waals surface area contributed by atoms with Crippen molar-refractivity contribution in [2.75, 3.05) is 26.2 Å². The highest BCUT2D eigenvalue weighted by molar-refractivity contribution is 7.80. The lowest BCUT2D eigenvalue weighted by molar-refractivity contribution is 0.117. The third kappa shape index (κ3) is 3.72. The van der Waals surface area contributed by atoms with Gasteiger partial charge in [-0.25, -0.2) is 0 Å². The van der Waals surface area contributed by atoms with E-state index >= 15 is 0 Å². The molecule has 2 rings (SSSR count). The van der Waals surface area contributed by atoms with Gasteiger partial charge in [0, 0.05) is 38.9 Å². The van der Waals surface area contributed by atoms with Crippen molar-refractivity contribution in [3.05, 3.63) is 29.6 Å². The van der Waals surface area contributed by atoms with Crippen LogP contribution < -0.4 is 5.73 Å². The SMILES string of the molecule is Cc1cccnc1CN1CCN(C(C)C(N)=S)CC1. The molecule has 1 saturated heterocycles. The van der Waals surface area contributed by atoms with Gasteiger partial charge in [0.1, 0.15) is 0 Å². The number of pyridine rings is 1. The second-order valence-corrected chi connectivity index (χ2v) is 5.63. The molecule has 4 nitrogen and oxygen atoms in total. The fourth-order valence-corrected chi connectivity index (χ4v) is 2.53. The van der Waals surface area contributed by atoms with E-state index in [0.717, 1.165) is 32.7 Å². The number of hydrogen-bond acceptors (Lipinski definition) is 4. The Kier molecular flexibility index (Phi) is 4.85. The van der Waals surface area contributed by atoms with Crippen LogP contribution in [-0.2, 0) is 6.54 Å². The zero-order valence-corrected chi connectivity index (χ0v) is 12.5. The first kappa shape index (κ1) is 14.4. The molecule has 1 aromatic rings. The van der Waals surface area contributed by atoms with E-state index in [0.29, 0.717) is 4.99 Å². The molecule has 19 heavy (non-hydrogen) atoms. The smallest absolute Gasteiger partial charge is 0.0899 e. The second-order valence-electron chi connectivity index (χ2n) is 5.16. The van der Waals surface area contributed by atoms with Crippen molar-refractivity contribution in [1.82, 2.24) is 14.8 Å². The molecular formula is C14H22N4S. The third-order valence-corrected chi connectivity index (χ3v) is 4.20. The summed E-state index contributed by atoms with van der Waals surface area (Å²) in [7, 11) is 0. The van der Waals surface area contributed by atoms with Crippen molar-refractivity contribution in [3.63, 3.8) is 0 Å². The van der Waals surface area contributed by atoms with Crippen LogP contribution in [0.15, 0.2) is 18.3 Å². The minimum atomic E-state index is 0.203. The second kappa shape index (κ2) is 6.41. The molecule has 0 aliphatic carbocycles. The Bertz CT molecular complexity index is 441. The third-order valence-electron chi connectivity index (χ3n) is 3.86. The Labute approximate surface area is 120 Å². The summed E-state index contributed by atoms with van der Waals surface area (Å²) in [5.41, 5.74) is 8.16. The Morgan fingerprint density at radius 1 is 1.42 bits per heavy atom. The molecule has 0 saturated carbocycles. The van der Waals surface area contributed by atoms with Crippen LogP contribution in [0.3, 0.4) is 0 Å². The highest BCUT2D eigenvalue weighted by Gasteiger charge is 2.22. The summed E-state index contributed by atoms with van der Waals surface area (Å²) in [5, 5.41) is 0. The van der Waals surface area contributed by atoms with Crippen LogP contribution in [0.2, 0.25) is 0 Å². The maximum atomic E-state index is 5.71. The van der Waals surface area contributed by atoms with Gasteiger partial charge >= 0.3 is 0 Å². The number of aromatic nitrogens is 1. The van der Waals surface area contributed by atoms with Crippen LogP contribution in [0.25, 0.3) is 0 Å². The summed E-state index contributed by atoms with van der Waals surface area (Å²) < 4.78 is 0. The van der Waals surface area contributed by atoms with Crippen molar-refractivity contribution < 1.29 is 0 Å². The van der Waals surface area contributed by atoms with E-state index in [4.69, 9.17) is 18.0 Å². The van der Waals surface area contributed by atoms with E-state index in [1.54, 1.807) is 0 Å². The van der Waals surface area contributed by atoms with Gasteiger partial charge in [0.15, 0.2) is 0 Å². The van der Waals surface area contributed by atoms with Gasteiger partial charge in [-0.05, 0) is 25.5 Å². The average Bonchev–Trinajstić information content (AvgIpc) is 2.41. The Hall–Kier alpha value is -1.04. The molecule has 5 heteroatoms. The number of thiocarbonyl (C=S) groups is 1. The van der Waals surface area contributed by atoms with E-state index in [-0.39, 0.29) is 6.04 Å². The van der Waals surface area contributed by atoms with Gasteiger partial charge < -0.3 is 5.73 Å². The maximum absolute atomic E-state index is 5.71. The van der Waals surface area contributed by atoms with E-state index < -0.39 is 0 Å². The summed E-state index contributed by atoms with van der Waals surface area (Å²) in [6.45, 7) is 9.26. The maximum Gasteiger partial charge on any atom is 0.0899 e. The van der Waals surface area contributed by atoms with Gasteiger partial charge in [0.2, 0.25) is 0 Å². The largest absolute Gasteiger partial charge is 0.392 e. The molecule has 104 valence electrons. The highest BCUT2D eigenvalue weighted by atomic mass is 32.1. The minimum absolute atomic E-state index is 0.203. The summed E-state index contributed by atoms with van der Waals surface area (Å²) in [4.78, 5) is 9.84. The van der Waals surface area contributed by atoms with Crippen molar-refractivity contribution >= 4 is 17.2 Å².